The van der Waals surface area contributed by atoms with Crippen LogP contribution >= 0.6 is 23.2 Å². The van der Waals surface area contributed by atoms with E-state index < -0.39 is 12.1 Å². The average molecular weight is 324 g/mol. The molecule has 1 aromatic carbocycles. The molecule has 0 radical (unpaired) electrons. The molecule has 0 aliphatic heterocycles. The van der Waals surface area contributed by atoms with Crippen LogP contribution in [0.4, 0.5) is 0 Å². The number of esters is 1. The van der Waals surface area contributed by atoms with Gasteiger partial charge in [-0.05, 0) is 24.3 Å². The summed E-state index contributed by atoms with van der Waals surface area (Å²) in [5, 5.41) is 10.7. The molecule has 1 heterocycles. The fraction of sp³-hybridized carbons (Fsp3) is 0.0667. The molecule has 21 heavy (non-hydrogen) atoms. The zero-order valence-corrected chi connectivity index (χ0v) is 12.3. The molecule has 1 N–H and O–H groups in total. The van der Waals surface area contributed by atoms with E-state index in [-0.39, 0.29) is 16.3 Å². The summed E-state index contributed by atoms with van der Waals surface area (Å²) in [7, 11) is 0. The van der Waals surface area contributed by atoms with Crippen molar-refractivity contribution in [3.05, 3.63) is 70.5 Å². The smallest absolute Gasteiger partial charge is 0.341 e. The molecule has 4 nitrogen and oxygen atoms in total. The van der Waals surface area contributed by atoms with Gasteiger partial charge in [0.1, 0.15) is 11.9 Å². The second-order valence-corrected chi connectivity index (χ2v) is 5.02. The Bertz CT molecular complexity index is 674. The van der Waals surface area contributed by atoms with E-state index in [0.717, 1.165) is 0 Å². The number of pyridine rings is 1. The van der Waals surface area contributed by atoms with E-state index in [1.54, 1.807) is 18.3 Å². The summed E-state index contributed by atoms with van der Waals surface area (Å²) in [5.41, 5.74) is 0.329. The van der Waals surface area contributed by atoms with Crippen LogP contribution < -0.4 is 4.74 Å². The van der Waals surface area contributed by atoms with Crippen LogP contribution in [0.5, 0.6) is 5.75 Å². The largest absolute Gasteiger partial charge is 0.422 e. The standard InChI is InChI=1S/C15H11Cl2NO3/c1-9(14(19)10-3-2-6-18-8-10)15(20)21-13-5-4-11(16)7-12(13)17/h2-8,14,19H,1H2. The third-order valence-corrected chi connectivity index (χ3v) is 3.22. The van der Waals surface area contributed by atoms with Gasteiger partial charge in [0, 0.05) is 23.0 Å². The molecule has 1 unspecified atom stereocenters. The van der Waals surface area contributed by atoms with Gasteiger partial charge in [-0.15, -0.1) is 0 Å². The molecule has 1 atom stereocenters. The summed E-state index contributed by atoms with van der Waals surface area (Å²) in [4.78, 5) is 15.8. The summed E-state index contributed by atoms with van der Waals surface area (Å²) in [6.07, 6.45) is 1.81. The Hall–Kier alpha value is -1.88. The van der Waals surface area contributed by atoms with E-state index >= 15 is 0 Å². The molecule has 6 heteroatoms. The number of hydrogen-bond donors (Lipinski definition) is 1. The lowest BCUT2D eigenvalue weighted by molar-refractivity contribution is -0.131. The number of rotatable bonds is 4. The first kappa shape index (κ1) is 15.5. The highest BCUT2D eigenvalue weighted by molar-refractivity contribution is 6.35. The van der Waals surface area contributed by atoms with E-state index in [1.807, 2.05) is 0 Å². The van der Waals surface area contributed by atoms with E-state index in [4.69, 9.17) is 27.9 Å². The zero-order chi connectivity index (χ0) is 15.4. The molecule has 0 aliphatic carbocycles. The van der Waals surface area contributed by atoms with Crippen molar-refractivity contribution >= 4 is 29.2 Å². The minimum Gasteiger partial charge on any atom is -0.422 e. The van der Waals surface area contributed by atoms with Crippen molar-refractivity contribution in [3.63, 3.8) is 0 Å². The zero-order valence-electron chi connectivity index (χ0n) is 10.8. The topological polar surface area (TPSA) is 59.4 Å². The Morgan fingerprint density at radius 1 is 1.33 bits per heavy atom. The van der Waals surface area contributed by atoms with Crippen LogP contribution in [0.3, 0.4) is 0 Å². The molecule has 0 spiro atoms. The van der Waals surface area contributed by atoms with Crippen LogP contribution in [0.2, 0.25) is 10.0 Å². The van der Waals surface area contributed by atoms with E-state index in [2.05, 4.69) is 11.6 Å². The van der Waals surface area contributed by atoms with Crippen molar-refractivity contribution in [3.8, 4) is 5.75 Å². The molecule has 0 saturated heterocycles. The first-order valence-corrected chi connectivity index (χ1v) is 6.68. The maximum atomic E-state index is 12.0. The number of aliphatic hydroxyl groups excluding tert-OH is 1. The summed E-state index contributed by atoms with van der Waals surface area (Å²) in [6.45, 7) is 3.55. The minimum atomic E-state index is -1.20. The van der Waals surface area contributed by atoms with E-state index in [9.17, 15) is 9.90 Å². The van der Waals surface area contributed by atoms with Crippen LogP contribution in [0.1, 0.15) is 11.7 Å². The Morgan fingerprint density at radius 3 is 2.71 bits per heavy atom. The average Bonchev–Trinajstić information content (AvgIpc) is 2.49. The van der Waals surface area contributed by atoms with Gasteiger partial charge in [0.05, 0.1) is 10.6 Å². The van der Waals surface area contributed by atoms with Gasteiger partial charge in [-0.1, -0.05) is 35.8 Å². The van der Waals surface area contributed by atoms with Crippen LogP contribution in [0.15, 0.2) is 54.9 Å². The lowest BCUT2D eigenvalue weighted by atomic mass is 10.1. The number of hydrogen-bond acceptors (Lipinski definition) is 4. The molecule has 2 rings (SSSR count). The second-order valence-electron chi connectivity index (χ2n) is 4.18. The van der Waals surface area contributed by atoms with Crippen LogP contribution in [0.25, 0.3) is 0 Å². The van der Waals surface area contributed by atoms with Crippen LogP contribution in [-0.2, 0) is 4.79 Å². The number of aliphatic hydroxyl groups is 1. The van der Waals surface area contributed by atoms with Crippen molar-refractivity contribution < 1.29 is 14.6 Å². The number of carbonyl (C=O) groups is 1. The molecule has 1 aromatic heterocycles. The highest BCUT2D eigenvalue weighted by atomic mass is 35.5. The number of aromatic nitrogens is 1. The van der Waals surface area contributed by atoms with Gasteiger partial charge in [-0.25, -0.2) is 4.79 Å². The number of benzene rings is 1. The van der Waals surface area contributed by atoms with Crippen molar-refractivity contribution in [1.29, 1.82) is 0 Å². The molecular formula is C15H11Cl2NO3. The van der Waals surface area contributed by atoms with Crippen molar-refractivity contribution in [2.45, 2.75) is 6.10 Å². The number of halogens is 2. The van der Waals surface area contributed by atoms with E-state index in [0.29, 0.717) is 10.6 Å². The second kappa shape index (κ2) is 6.72. The van der Waals surface area contributed by atoms with E-state index in [1.165, 1.54) is 24.4 Å². The maximum Gasteiger partial charge on any atom is 0.341 e. The monoisotopic (exact) mass is 323 g/mol. The Morgan fingerprint density at radius 2 is 2.10 bits per heavy atom. The quantitative estimate of drug-likeness (QED) is 0.530. The predicted molar refractivity (Wildman–Crippen MR) is 80.4 cm³/mol. The molecule has 0 amide bonds. The summed E-state index contributed by atoms with van der Waals surface area (Å²) >= 11 is 11.7. The number of ether oxygens (including phenoxy) is 1. The molecular weight excluding hydrogens is 313 g/mol. The summed E-state index contributed by atoms with van der Waals surface area (Å²) < 4.78 is 5.10. The lowest BCUT2D eigenvalue weighted by Crippen LogP contribution is -2.16. The Balaban J connectivity index is 2.11. The van der Waals surface area contributed by atoms with Gasteiger partial charge in [0.15, 0.2) is 0 Å². The molecule has 108 valence electrons. The van der Waals surface area contributed by atoms with Crippen LogP contribution in [-0.4, -0.2) is 16.1 Å². The van der Waals surface area contributed by atoms with Crippen molar-refractivity contribution in [1.82, 2.24) is 4.98 Å². The molecule has 0 bridgehead atoms. The van der Waals surface area contributed by atoms with Crippen molar-refractivity contribution in [2.24, 2.45) is 0 Å². The first-order valence-electron chi connectivity index (χ1n) is 5.93. The third-order valence-electron chi connectivity index (χ3n) is 2.69. The maximum absolute atomic E-state index is 12.0. The first-order chi connectivity index (χ1) is 9.99. The van der Waals surface area contributed by atoms with Gasteiger partial charge in [-0.3, -0.25) is 4.98 Å². The molecule has 0 aliphatic rings. The molecule has 2 aromatic rings. The molecule has 0 saturated carbocycles. The number of nitrogens with zero attached hydrogens (tertiary/aromatic N) is 1. The highest BCUT2D eigenvalue weighted by Crippen LogP contribution is 2.29. The normalized spacial score (nSPS) is 11.8. The minimum absolute atomic E-state index is 0.117. The van der Waals surface area contributed by atoms with Gasteiger partial charge in [0.2, 0.25) is 0 Å². The fourth-order valence-electron chi connectivity index (χ4n) is 1.57. The Kier molecular flexibility index (Phi) is 4.96. The lowest BCUT2D eigenvalue weighted by Gasteiger charge is -2.13. The fourth-order valence-corrected chi connectivity index (χ4v) is 2.02. The van der Waals surface area contributed by atoms with Crippen molar-refractivity contribution in [2.75, 3.05) is 0 Å². The van der Waals surface area contributed by atoms with Gasteiger partial charge >= 0.3 is 5.97 Å². The Labute approximate surface area is 131 Å². The van der Waals surface area contributed by atoms with Gasteiger partial charge in [-0.2, -0.15) is 0 Å². The van der Waals surface area contributed by atoms with Crippen LogP contribution in [0, 0.1) is 0 Å². The third kappa shape index (κ3) is 3.82. The summed E-state index contributed by atoms with van der Waals surface area (Å²) in [5.74, 6) is -0.638. The number of carbonyl (C=O) groups excluding carboxylic acids is 1. The summed E-state index contributed by atoms with van der Waals surface area (Å²) in [6, 6.07) is 7.73. The predicted octanol–water partition coefficient (Wildman–Crippen LogP) is 3.58. The van der Waals surface area contributed by atoms with Gasteiger partial charge in [0.25, 0.3) is 0 Å². The SMILES string of the molecule is C=C(C(=O)Oc1ccc(Cl)cc1Cl)C(O)c1cccnc1. The molecule has 0 fully saturated rings. The van der Waals surface area contributed by atoms with Gasteiger partial charge < -0.3 is 9.84 Å². The highest BCUT2D eigenvalue weighted by Gasteiger charge is 2.21.